The molecule has 0 saturated heterocycles. The van der Waals surface area contributed by atoms with Crippen LogP contribution in [0, 0.1) is 0 Å². The summed E-state index contributed by atoms with van der Waals surface area (Å²) in [7, 11) is 0. The Kier molecular flexibility index (Phi) is 2.17. The Morgan fingerprint density at radius 1 is 1.12 bits per heavy atom. The molecule has 1 N–H and O–H groups in total. The van der Waals surface area contributed by atoms with Crippen LogP contribution < -0.4 is 0 Å². The lowest BCUT2D eigenvalue weighted by atomic mass is 10.1. The smallest absolute Gasteiger partial charge is 0.115 e. The molecule has 0 fully saturated rings. The van der Waals surface area contributed by atoms with Gasteiger partial charge >= 0.3 is 0 Å². The van der Waals surface area contributed by atoms with Crippen molar-refractivity contribution in [1.82, 2.24) is 9.55 Å². The van der Waals surface area contributed by atoms with Gasteiger partial charge in [0, 0.05) is 18.5 Å². The number of hydrogen-bond donors (Lipinski definition) is 1. The van der Waals surface area contributed by atoms with Gasteiger partial charge in [-0.3, -0.25) is 0 Å². The maximum absolute atomic E-state index is 9.27. The predicted octanol–water partition coefficient (Wildman–Crippen LogP) is 2.59. The van der Waals surface area contributed by atoms with Crippen LogP contribution in [0.25, 0.3) is 11.3 Å². The largest absolute Gasteiger partial charge is 0.508 e. The molecule has 1 aromatic carbocycles. The van der Waals surface area contributed by atoms with Crippen molar-refractivity contribution in [2.75, 3.05) is 0 Å². The molecule has 0 spiro atoms. The standard InChI is InChI=1S/C13H14N2O/c16-11-6-4-10(5-7-11)12-9-14-13-3-1-2-8-15(12)13/h4-7,9,16H,1-3,8H2. The van der Waals surface area contributed by atoms with Crippen molar-refractivity contribution in [2.45, 2.75) is 25.8 Å². The van der Waals surface area contributed by atoms with Crippen LogP contribution in [0.3, 0.4) is 0 Å². The second-order valence-corrected chi connectivity index (χ2v) is 4.22. The number of benzene rings is 1. The zero-order valence-electron chi connectivity index (χ0n) is 9.06. The molecular formula is C13H14N2O. The predicted molar refractivity (Wildman–Crippen MR) is 62.3 cm³/mol. The first-order valence-electron chi connectivity index (χ1n) is 5.68. The van der Waals surface area contributed by atoms with Crippen LogP contribution in [0.2, 0.25) is 0 Å². The molecule has 3 heteroatoms. The first kappa shape index (κ1) is 9.46. The highest BCUT2D eigenvalue weighted by molar-refractivity contribution is 5.60. The van der Waals surface area contributed by atoms with Crippen molar-refractivity contribution >= 4 is 0 Å². The topological polar surface area (TPSA) is 38.1 Å². The summed E-state index contributed by atoms with van der Waals surface area (Å²) in [5.41, 5.74) is 2.29. The van der Waals surface area contributed by atoms with Crippen molar-refractivity contribution in [3.05, 3.63) is 36.3 Å². The van der Waals surface area contributed by atoms with E-state index in [0.717, 1.165) is 24.2 Å². The van der Waals surface area contributed by atoms with Crippen LogP contribution in [0.15, 0.2) is 30.5 Å². The number of fused-ring (bicyclic) bond motifs is 1. The number of rotatable bonds is 1. The number of aromatic hydroxyl groups is 1. The van der Waals surface area contributed by atoms with E-state index >= 15 is 0 Å². The molecule has 1 aliphatic rings. The van der Waals surface area contributed by atoms with Gasteiger partial charge in [-0.1, -0.05) is 0 Å². The van der Waals surface area contributed by atoms with Gasteiger partial charge in [0.15, 0.2) is 0 Å². The molecule has 3 nitrogen and oxygen atoms in total. The van der Waals surface area contributed by atoms with E-state index in [1.165, 1.54) is 18.7 Å². The second kappa shape index (κ2) is 3.67. The van der Waals surface area contributed by atoms with Crippen LogP contribution in [0.1, 0.15) is 18.7 Å². The van der Waals surface area contributed by atoms with Gasteiger partial charge in [0.25, 0.3) is 0 Å². The van der Waals surface area contributed by atoms with E-state index in [0.29, 0.717) is 5.75 Å². The van der Waals surface area contributed by atoms with Crippen LogP contribution in [0.4, 0.5) is 0 Å². The van der Waals surface area contributed by atoms with Gasteiger partial charge in [0.1, 0.15) is 11.6 Å². The van der Waals surface area contributed by atoms with E-state index in [1.54, 1.807) is 12.1 Å². The van der Waals surface area contributed by atoms with Crippen molar-refractivity contribution < 1.29 is 5.11 Å². The molecule has 82 valence electrons. The molecule has 0 amide bonds. The van der Waals surface area contributed by atoms with Crippen LogP contribution in [-0.2, 0) is 13.0 Å². The monoisotopic (exact) mass is 214 g/mol. The maximum Gasteiger partial charge on any atom is 0.115 e. The van der Waals surface area contributed by atoms with E-state index in [2.05, 4.69) is 9.55 Å². The minimum Gasteiger partial charge on any atom is -0.508 e. The lowest BCUT2D eigenvalue weighted by Gasteiger charge is -2.16. The molecule has 3 rings (SSSR count). The molecular weight excluding hydrogens is 200 g/mol. The highest BCUT2D eigenvalue weighted by atomic mass is 16.3. The van der Waals surface area contributed by atoms with E-state index in [4.69, 9.17) is 0 Å². The third kappa shape index (κ3) is 1.48. The summed E-state index contributed by atoms with van der Waals surface area (Å²) in [6.45, 7) is 1.06. The number of imidazole rings is 1. The molecule has 0 aliphatic carbocycles. The number of nitrogens with zero attached hydrogens (tertiary/aromatic N) is 2. The third-order valence-electron chi connectivity index (χ3n) is 3.13. The number of aromatic nitrogens is 2. The average molecular weight is 214 g/mol. The number of phenols is 1. The molecule has 0 unspecified atom stereocenters. The Labute approximate surface area is 94.4 Å². The fourth-order valence-corrected chi connectivity index (χ4v) is 2.28. The van der Waals surface area contributed by atoms with Crippen LogP contribution in [-0.4, -0.2) is 14.7 Å². The van der Waals surface area contributed by atoms with Crippen molar-refractivity contribution in [3.63, 3.8) is 0 Å². The molecule has 0 bridgehead atoms. The summed E-state index contributed by atoms with van der Waals surface area (Å²) in [5, 5.41) is 9.27. The maximum atomic E-state index is 9.27. The molecule has 1 aromatic heterocycles. The highest BCUT2D eigenvalue weighted by Crippen LogP contribution is 2.26. The van der Waals surface area contributed by atoms with E-state index in [9.17, 15) is 5.11 Å². The van der Waals surface area contributed by atoms with Gasteiger partial charge in [-0.15, -0.1) is 0 Å². The molecule has 0 atom stereocenters. The van der Waals surface area contributed by atoms with Gasteiger partial charge in [0.05, 0.1) is 11.9 Å². The Morgan fingerprint density at radius 2 is 1.94 bits per heavy atom. The Bertz CT molecular complexity index is 499. The quantitative estimate of drug-likeness (QED) is 0.792. The van der Waals surface area contributed by atoms with Gasteiger partial charge < -0.3 is 9.67 Å². The SMILES string of the molecule is Oc1ccc(-c2cnc3n2CCCC3)cc1. The summed E-state index contributed by atoms with van der Waals surface area (Å²) in [4.78, 5) is 4.46. The molecule has 2 heterocycles. The minimum atomic E-state index is 0.308. The fourth-order valence-electron chi connectivity index (χ4n) is 2.28. The summed E-state index contributed by atoms with van der Waals surface area (Å²) < 4.78 is 2.29. The zero-order chi connectivity index (χ0) is 11.0. The summed E-state index contributed by atoms with van der Waals surface area (Å²) >= 11 is 0. The van der Waals surface area contributed by atoms with Gasteiger partial charge in [0.2, 0.25) is 0 Å². The van der Waals surface area contributed by atoms with Crippen LogP contribution in [0.5, 0.6) is 5.75 Å². The molecule has 0 saturated carbocycles. The van der Waals surface area contributed by atoms with Crippen molar-refractivity contribution in [3.8, 4) is 17.0 Å². The van der Waals surface area contributed by atoms with Gasteiger partial charge in [-0.25, -0.2) is 4.98 Å². The Morgan fingerprint density at radius 3 is 2.75 bits per heavy atom. The van der Waals surface area contributed by atoms with Gasteiger partial charge in [-0.2, -0.15) is 0 Å². The Hall–Kier alpha value is -1.77. The van der Waals surface area contributed by atoms with Crippen LogP contribution >= 0.6 is 0 Å². The lowest BCUT2D eigenvalue weighted by Crippen LogP contribution is -2.11. The Balaban J connectivity index is 2.06. The number of aryl methyl sites for hydroxylation is 1. The van der Waals surface area contributed by atoms with Crippen molar-refractivity contribution in [2.24, 2.45) is 0 Å². The minimum absolute atomic E-state index is 0.308. The van der Waals surface area contributed by atoms with E-state index < -0.39 is 0 Å². The summed E-state index contributed by atoms with van der Waals surface area (Å²) in [5.74, 6) is 1.50. The molecule has 1 aliphatic heterocycles. The highest BCUT2D eigenvalue weighted by Gasteiger charge is 2.14. The number of phenolic OH excluding ortho intramolecular Hbond substituents is 1. The average Bonchev–Trinajstić information content (AvgIpc) is 2.74. The van der Waals surface area contributed by atoms with E-state index in [-0.39, 0.29) is 0 Å². The molecule has 2 aromatic rings. The fraction of sp³-hybridized carbons (Fsp3) is 0.308. The summed E-state index contributed by atoms with van der Waals surface area (Å²) in [6.07, 6.45) is 5.49. The summed E-state index contributed by atoms with van der Waals surface area (Å²) in [6, 6.07) is 7.32. The normalized spacial score (nSPS) is 14.8. The van der Waals surface area contributed by atoms with Crippen molar-refractivity contribution in [1.29, 1.82) is 0 Å². The zero-order valence-corrected chi connectivity index (χ0v) is 9.06. The van der Waals surface area contributed by atoms with E-state index in [1.807, 2.05) is 18.3 Å². The first-order valence-corrected chi connectivity index (χ1v) is 5.68. The number of hydrogen-bond acceptors (Lipinski definition) is 2. The lowest BCUT2D eigenvalue weighted by molar-refractivity contribution is 0.475. The molecule has 16 heavy (non-hydrogen) atoms. The third-order valence-corrected chi connectivity index (χ3v) is 3.13. The molecule has 0 radical (unpaired) electrons. The van der Waals surface area contributed by atoms with Gasteiger partial charge in [-0.05, 0) is 37.1 Å². The second-order valence-electron chi connectivity index (χ2n) is 4.22. The first-order chi connectivity index (χ1) is 7.84.